The van der Waals surface area contributed by atoms with E-state index < -0.39 is 10.0 Å². The van der Waals surface area contributed by atoms with Crippen LogP contribution in [0, 0.1) is 0 Å². The van der Waals surface area contributed by atoms with Crippen LogP contribution in [0.25, 0.3) is 10.2 Å². The van der Waals surface area contributed by atoms with Gasteiger partial charge < -0.3 is 9.64 Å². The SMILES string of the molecule is COc1ccccc1N1CCN(S(=O)(=O)c2ccc3c(c2)sc(=O)n3C(C)C)CC1. The lowest BCUT2D eigenvalue weighted by atomic mass is 10.2. The Morgan fingerprint density at radius 2 is 1.73 bits per heavy atom. The highest BCUT2D eigenvalue weighted by atomic mass is 32.2. The van der Waals surface area contributed by atoms with Gasteiger partial charge in [-0.2, -0.15) is 4.31 Å². The number of aromatic nitrogens is 1. The number of methoxy groups -OCH3 is 1. The van der Waals surface area contributed by atoms with Gasteiger partial charge in [0, 0.05) is 32.2 Å². The van der Waals surface area contributed by atoms with Crippen molar-refractivity contribution in [2.75, 3.05) is 38.2 Å². The molecule has 0 radical (unpaired) electrons. The van der Waals surface area contributed by atoms with Gasteiger partial charge in [-0.1, -0.05) is 23.5 Å². The second kappa shape index (κ2) is 8.05. The number of para-hydroxylation sites is 2. The summed E-state index contributed by atoms with van der Waals surface area (Å²) in [5, 5.41) is 0. The first-order chi connectivity index (χ1) is 14.3. The minimum atomic E-state index is -3.63. The number of ether oxygens (including phenoxy) is 1. The van der Waals surface area contributed by atoms with Crippen molar-refractivity contribution in [3.8, 4) is 5.75 Å². The molecule has 4 rings (SSSR count). The van der Waals surface area contributed by atoms with Crippen LogP contribution in [0.1, 0.15) is 19.9 Å². The van der Waals surface area contributed by atoms with Gasteiger partial charge in [0.1, 0.15) is 5.75 Å². The Labute approximate surface area is 180 Å². The van der Waals surface area contributed by atoms with Gasteiger partial charge in [0.25, 0.3) is 0 Å². The predicted octanol–water partition coefficient (Wildman–Crippen LogP) is 3.16. The van der Waals surface area contributed by atoms with E-state index in [0.29, 0.717) is 30.9 Å². The van der Waals surface area contributed by atoms with Gasteiger partial charge in [0.2, 0.25) is 10.0 Å². The van der Waals surface area contributed by atoms with Crippen LogP contribution < -0.4 is 14.5 Å². The summed E-state index contributed by atoms with van der Waals surface area (Å²) in [6, 6.07) is 12.8. The fraction of sp³-hybridized carbons (Fsp3) is 0.381. The van der Waals surface area contributed by atoms with Crippen molar-refractivity contribution in [1.82, 2.24) is 8.87 Å². The van der Waals surface area contributed by atoms with E-state index in [1.807, 2.05) is 38.1 Å². The van der Waals surface area contributed by atoms with Crippen LogP contribution in [0.2, 0.25) is 0 Å². The lowest BCUT2D eigenvalue weighted by Crippen LogP contribution is -2.48. The first-order valence-corrected chi connectivity index (χ1v) is 12.1. The Hall–Kier alpha value is -2.36. The van der Waals surface area contributed by atoms with Crippen molar-refractivity contribution >= 4 is 37.3 Å². The Kier molecular flexibility index (Phi) is 5.61. The van der Waals surface area contributed by atoms with Crippen LogP contribution in [-0.4, -0.2) is 50.6 Å². The molecule has 0 unspecified atom stereocenters. The number of nitrogens with zero attached hydrogens (tertiary/aromatic N) is 3. The molecule has 1 aromatic heterocycles. The summed E-state index contributed by atoms with van der Waals surface area (Å²) in [6.45, 7) is 5.83. The number of benzene rings is 2. The van der Waals surface area contributed by atoms with Gasteiger partial charge in [-0.3, -0.25) is 9.36 Å². The third-order valence-electron chi connectivity index (χ3n) is 5.40. The number of hydrogen-bond donors (Lipinski definition) is 0. The van der Waals surface area contributed by atoms with E-state index in [9.17, 15) is 13.2 Å². The Bertz CT molecular complexity index is 1220. The van der Waals surface area contributed by atoms with E-state index in [4.69, 9.17) is 4.74 Å². The van der Waals surface area contributed by atoms with Gasteiger partial charge in [-0.25, -0.2) is 8.42 Å². The molecule has 9 heteroatoms. The molecule has 1 aliphatic rings. The third-order valence-corrected chi connectivity index (χ3v) is 8.22. The predicted molar refractivity (Wildman–Crippen MR) is 120 cm³/mol. The second-order valence-electron chi connectivity index (χ2n) is 7.52. The zero-order chi connectivity index (χ0) is 21.5. The smallest absolute Gasteiger partial charge is 0.308 e. The Balaban J connectivity index is 1.57. The first kappa shape index (κ1) is 20.9. The maximum atomic E-state index is 13.2. The minimum Gasteiger partial charge on any atom is -0.495 e. The molecular formula is C21H25N3O4S2. The number of anilines is 1. The van der Waals surface area contributed by atoms with E-state index in [-0.39, 0.29) is 15.8 Å². The molecule has 160 valence electrons. The highest BCUT2D eigenvalue weighted by Crippen LogP contribution is 2.30. The molecule has 0 atom stereocenters. The topological polar surface area (TPSA) is 71.8 Å². The van der Waals surface area contributed by atoms with E-state index in [1.54, 1.807) is 29.9 Å². The van der Waals surface area contributed by atoms with Crippen LogP contribution >= 0.6 is 11.3 Å². The van der Waals surface area contributed by atoms with Gasteiger partial charge in [0.05, 0.1) is 27.9 Å². The molecular weight excluding hydrogens is 422 g/mol. The molecule has 7 nitrogen and oxygen atoms in total. The number of rotatable bonds is 5. The summed E-state index contributed by atoms with van der Waals surface area (Å²) in [5.41, 5.74) is 1.75. The monoisotopic (exact) mass is 447 g/mol. The number of sulfonamides is 1. The van der Waals surface area contributed by atoms with E-state index in [0.717, 1.165) is 28.3 Å². The van der Waals surface area contributed by atoms with Gasteiger partial charge in [-0.05, 0) is 44.2 Å². The quantitative estimate of drug-likeness (QED) is 0.601. The molecule has 0 spiro atoms. The standard InChI is InChI=1S/C21H25N3O4S2/c1-15(2)24-18-9-8-16(14-20(18)29-21(24)25)30(26,27)23-12-10-22(11-13-23)17-6-4-5-7-19(17)28-3/h4-9,14-15H,10-13H2,1-3H3. The van der Waals surface area contributed by atoms with Crippen molar-refractivity contribution in [3.05, 3.63) is 52.1 Å². The van der Waals surface area contributed by atoms with Crippen LogP contribution in [0.5, 0.6) is 5.75 Å². The maximum absolute atomic E-state index is 13.2. The van der Waals surface area contributed by atoms with E-state index in [2.05, 4.69) is 4.90 Å². The summed E-state index contributed by atoms with van der Waals surface area (Å²) in [5.74, 6) is 0.781. The first-order valence-electron chi connectivity index (χ1n) is 9.86. The molecule has 2 aromatic carbocycles. The number of piperazine rings is 1. The second-order valence-corrected chi connectivity index (χ2v) is 10.5. The lowest BCUT2D eigenvalue weighted by Gasteiger charge is -2.35. The summed E-state index contributed by atoms with van der Waals surface area (Å²) in [6.07, 6.45) is 0. The molecule has 3 aromatic rings. The van der Waals surface area contributed by atoms with Crippen LogP contribution in [0.15, 0.2) is 52.2 Å². The Morgan fingerprint density at radius 1 is 1.03 bits per heavy atom. The third kappa shape index (κ3) is 3.61. The Morgan fingerprint density at radius 3 is 2.40 bits per heavy atom. The fourth-order valence-electron chi connectivity index (χ4n) is 3.88. The van der Waals surface area contributed by atoms with Crippen molar-refractivity contribution in [2.24, 2.45) is 0 Å². The van der Waals surface area contributed by atoms with E-state index in [1.165, 1.54) is 4.31 Å². The lowest BCUT2D eigenvalue weighted by molar-refractivity contribution is 0.378. The maximum Gasteiger partial charge on any atom is 0.308 e. The van der Waals surface area contributed by atoms with Gasteiger partial charge in [0.15, 0.2) is 0 Å². The molecule has 1 saturated heterocycles. The molecule has 0 N–H and O–H groups in total. The van der Waals surface area contributed by atoms with Gasteiger partial charge >= 0.3 is 4.87 Å². The summed E-state index contributed by atoms with van der Waals surface area (Å²) < 4.78 is 35.8. The molecule has 0 saturated carbocycles. The van der Waals surface area contributed by atoms with Crippen molar-refractivity contribution in [2.45, 2.75) is 24.8 Å². The number of thiazole rings is 1. The average molecular weight is 448 g/mol. The largest absolute Gasteiger partial charge is 0.495 e. The average Bonchev–Trinajstić information content (AvgIpc) is 3.08. The number of fused-ring (bicyclic) bond motifs is 1. The zero-order valence-electron chi connectivity index (χ0n) is 17.2. The molecule has 1 aliphatic heterocycles. The van der Waals surface area contributed by atoms with Crippen LogP contribution in [0.4, 0.5) is 5.69 Å². The minimum absolute atomic E-state index is 0.0248. The summed E-state index contributed by atoms with van der Waals surface area (Å²) >= 11 is 1.09. The van der Waals surface area contributed by atoms with Crippen LogP contribution in [0.3, 0.4) is 0 Å². The zero-order valence-corrected chi connectivity index (χ0v) is 18.9. The molecule has 1 fully saturated rings. The van der Waals surface area contributed by atoms with E-state index >= 15 is 0 Å². The summed E-state index contributed by atoms with van der Waals surface area (Å²) in [7, 11) is -1.99. The van der Waals surface area contributed by atoms with Gasteiger partial charge in [-0.15, -0.1) is 0 Å². The molecule has 2 heterocycles. The normalized spacial score (nSPS) is 15.8. The number of hydrogen-bond acceptors (Lipinski definition) is 6. The van der Waals surface area contributed by atoms with Crippen molar-refractivity contribution in [1.29, 1.82) is 0 Å². The molecule has 0 amide bonds. The molecule has 30 heavy (non-hydrogen) atoms. The highest BCUT2D eigenvalue weighted by molar-refractivity contribution is 7.89. The highest BCUT2D eigenvalue weighted by Gasteiger charge is 2.30. The van der Waals surface area contributed by atoms with Crippen molar-refractivity contribution < 1.29 is 13.2 Å². The van der Waals surface area contributed by atoms with Crippen LogP contribution in [-0.2, 0) is 10.0 Å². The molecule has 0 aliphatic carbocycles. The fourth-order valence-corrected chi connectivity index (χ4v) is 6.45. The molecule has 0 bridgehead atoms. The summed E-state index contributed by atoms with van der Waals surface area (Å²) in [4.78, 5) is 14.6. The van der Waals surface area contributed by atoms with Crippen molar-refractivity contribution in [3.63, 3.8) is 0 Å².